The number of anilines is 1. The molecule has 3 rings (SSSR count). The third-order valence-corrected chi connectivity index (χ3v) is 5.98. The molecule has 3 nitrogen and oxygen atoms in total. The number of benzene rings is 1. The highest BCUT2D eigenvalue weighted by atomic mass is 32.2. The molecule has 5 heteroatoms. The number of thioether (sulfide) groups is 1. The average molecular weight is 319 g/mol. The van der Waals surface area contributed by atoms with Crippen molar-refractivity contribution < 1.29 is 0 Å². The van der Waals surface area contributed by atoms with Crippen LogP contribution in [-0.2, 0) is 0 Å². The largest absolute Gasteiger partial charge is 0.357 e. The zero-order valence-corrected chi connectivity index (χ0v) is 13.9. The van der Waals surface area contributed by atoms with Crippen molar-refractivity contribution in [2.24, 2.45) is 0 Å². The Labute approximate surface area is 134 Å². The Morgan fingerprint density at radius 3 is 2.67 bits per heavy atom. The average Bonchev–Trinajstić information content (AvgIpc) is 2.96. The van der Waals surface area contributed by atoms with Crippen LogP contribution >= 0.6 is 23.1 Å². The van der Waals surface area contributed by atoms with Crippen LogP contribution in [0.3, 0.4) is 0 Å². The predicted molar refractivity (Wildman–Crippen MR) is 91.1 cm³/mol. The van der Waals surface area contributed by atoms with E-state index in [9.17, 15) is 0 Å². The lowest BCUT2D eigenvalue weighted by Crippen LogP contribution is -2.21. The zero-order chi connectivity index (χ0) is 14.5. The van der Waals surface area contributed by atoms with E-state index in [0.29, 0.717) is 11.3 Å². The third-order valence-electron chi connectivity index (χ3n) is 3.89. The Kier molecular flexibility index (Phi) is 5.14. The first-order valence-electron chi connectivity index (χ1n) is 7.63. The first-order chi connectivity index (χ1) is 10.3. The summed E-state index contributed by atoms with van der Waals surface area (Å²) in [7, 11) is 0. The Bertz CT molecular complexity index is 550. The van der Waals surface area contributed by atoms with E-state index in [1.165, 1.54) is 37.7 Å². The quantitative estimate of drug-likeness (QED) is 0.775. The normalized spacial score (nSPS) is 17.6. The van der Waals surface area contributed by atoms with E-state index < -0.39 is 0 Å². The summed E-state index contributed by atoms with van der Waals surface area (Å²) in [5, 5.41) is 13.5. The summed E-state index contributed by atoms with van der Waals surface area (Å²) in [5.41, 5.74) is 1.33. The summed E-state index contributed by atoms with van der Waals surface area (Å²) >= 11 is 3.46. The van der Waals surface area contributed by atoms with Crippen molar-refractivity contribution in [2.45, 2.75) is 54.7 Å². The number of hydrogen-bond donors (Lipinski definition) is 1. The fourth-order valence-corrected chi connectivity index (χ4v) is 4.78. The lowest BCUT2D eigenvalue weighted by Gasteiger charge is -2.21. The first kappa shape index (κ1) is 14.9. The maximum absolute atomic E-state index is 4.32. The SMILES string of the molecule is CC(Sc1nnc(NC2CCCCC2)s1)c1ccccc1. The summed E-state index contributed by atoms with van der Waals surface area (Å²) in [4.78, 5) is 0. The molecule has 1 aliphatic rings. The fraction of sp³-hybridized carbons (Fsp3) is 0.500. The van der Waals surface area contributed by atoms with Crippen LogP contribution in [0.15, 0.2) is 34.7 Å². The highest BCUT2D eigenvalue weighted by Gasteiger charge is 2.16. The van der Waals surface area contributed by atoms with E-state index in [1.54, 1.807) is 23.1 Å². The van der Waals surface area contributed by atoms with Gasteiger partial charge in [-0.3, -0.25) is 0 Å². The molecule has 2 aromatic rings. The van der Waals surface area contributed by atoms with Gasteiger partial charge in [-0.2, -0.15) is 0 Å². The Morgan fingerprint density at radius 2 is 1.90 bits per heavy atom. The molecule has 1 unspecified atom stereocenters. The van der Waals surface area contributed by atoms with Gasteiger partial charge in [-0.15, -0.1) is 10.2 Å². The molecule has 1 N–H and O–H groups in total. The van der Waals surface area contributed by atoms with Crippen LogP contribution in [0.25, 0.3) is 0 Å². The molecule has 1 saturated carbocycles. The number of nitrogens with zero attached hydrogens (tertiary/aromatic N) is 2. The second-order valence-corrected chi connectivity index (χ2v) is 8.09. The first-order valence-corrected chi connectivity index (χ1v) is 9.32. The van der Waals surface area contributed by atoms with E-state index in [4.69, 9.17) is 0 Å². The molecular weight excluding hydrogens is 298 g/mol. The monoisotopic (exact) mass is 319 g/mol. The summed E-state index contributed by atoms with van der Waals surface area (Å²) in [5.74, 6) is 0. The maximum Gasteiger partial charge on any atom is 0.206 e. The number of aromatic nitrogens is 2. The Morgan fingerprint density at radius 1 is 1.14 bits per heavy atom. The van der Waals surface area contributed by atoms with Crippen LogP contribution < -0.4 is 5.32 Å². The van der Waals surface area contributed by atoms with Crippen LogP contribution in [0, 0.1) is 0 Å². The molecule has 0 amide bonds. The molecule has 1 fully saturated rings. The molecule has 0 aliphatic heterocycles. The van der Waals surface area contributed by atoms with Gasteiger partial charge in [0.15, 0.2) is 4.34 Å². The summed E-state index contributed by atoms with van der Waals surface area (Å²) in [6.45, 7) is 2.22. The van der Waals surface area contributed by atoms with Gasteiger partial charge in [-0.25, -0.2) is 0 Å². The molecule has 0 saturated heterocycles. The highest BCUT2D eigenvalue weighted by Crippen LogP contribution is 2.37. The van der Waals surface area contributed by atoms with Crippen molar-refractivity contribution in [1.29, 1.82) is 0 Å². The van der Waals surface area contributed by atoms with Crippen molar-refractivity contribution in [3.8, 4) is 0 Å². The van der Waals surface area contributed by atoms with Gasteiger partial charge in [-0.1, -0.05) is 72.7 Å². The highest BCUT2D eigenvalue weighted by molar-refractivity contribution is 8.01. The Balaban J connectivity index is 1.57. The molecule has 1 aromatic heterocycles. The van der Waals surface area contributed by atoms with E-state index >= 15 is 0 Å². The third kappa shape index (κ3) is 4.20. The van der Waals surface area contributed by atoms with Crippen molar-refractivity contribution in [1.82, 2.24) is 10.2 Å². The van der Waals surface area contributed by atoms with Gasteiger partial charge in [0.1, 0.15) is 0 Å². The molecule has 0 radical (unpaired) electrons. The van der Waals surface area contributed by atoms with E-state index in [1.807, 2.05) is 0 Å². The van der Waals surface area contributed by atoms with Crippen LogP contribution in [0.5, 0.6) is 0 Å². The van der Waals surface area contributed by atoms with E-state index in [2.05, 4.69) is 52.8 Å². The molecule has 1 heterocycles. The molecule has 1 aromatic carbocycles. The Hall–Kier alpha value is -1.07. The second kappa shape index (κ2) is 7.27. The summed E-state index contributed by atoms with van der Waals surface area (Å²) in [6.07, 6.45) is 6.58. The van der Waals surface area contributed by atoms with Crippen molar-refractivity contribution in [3.05, 3.63) is 35.9 Å². The van der Waals surface area contributed by atoms with Gasteiger partial charge in [0.2, 0.25) is 5.13 Å². The van der Waals surface area contributed by atoms with Gasteiger partial charge in [0, 0.05) is 11.3 Å². The van der Waals surface area contributed by atoms with Crippen LogP contribution in [0.2, 0.25) is 0 Å². The molecule has 1 atom stereocenters. The number of rotatable bonds is 5. The fourth-order valence-electron chi connectivity index (χ4n) is 2.68. The molecular formula is C16H21N3S2. The molecule has 21 heavy (non-hydrogen) atoms. The van der Waals surface area contributed by atoms with Gasteiger partial charge in [-0.05, 0) is 25.3 Å². The molecule has 0 spiro atoms. The second-order valence-electron chi connectivity index (χ2n) is 5.52. The van der Waals surface area contributed by atoms with Crippen LogP contribution in [-0.4, -0.2) is 16.2 Å². The zero-order valence-electron chi connectivity index (χ0n) is 12.3. The van der Waals surface area contributed by atoms with Crippen LogP contribution in [0.4, 0.5) is 5.13 Å². The van der Waals surface area contributed by atoms with Gasteiger partial charge >= 0.3 is 0 Å². The van der Waals surface area contributed by atoms with Gasteiger partial charge < -0.3 is 5.32 Å². The molecule has 1 aliphatic carbocycles. The van der Waals surface area contributed by atoms with E-state index in [0.717, 1.165) is 9.47 Å². The minimum Gasteiger partial charge on any atom is -0.357 e. The molecule has 112 valence electrons. The van der Waals surface area contributed by atoms with Crippen molar-refractivity contribution in [3.63, 3.8) is 0 Å². The van der Waals surface area contributed by atoms with Crippen LogP contribution in [0.1, 0.15) is 49.8 Å². The maximum atomic E-state index is 4.32. The molecule has 0 bridgehead atoms. The lowest BCUT2D eigenvalue weighted by atomic mass is 9.96. The van der Waals surface area contributed by atoms with Gasteiger partial charge in [0.05, 0.1) is 0 Å². The van der Waals surface area contributed by atoms with Crippen molar-refractivity contribution >= 4 is 28.2 Å². The van der Waals surface area contributed by atoms with Crippen molar-refractivity contribution in [2.75, 3.05) is 5.32 Å². The standard InChI is InChI=1S/C16H21N3S2/c1-12(13-8-4-2-5-9-13)20-16-19-18-15(21-16)17-14-10-6-3-7-11-14/h2,4-5,8-9,12,14H,3,6-7,10-11H2,1H3,(H,17,18). The minimum absolute atomic E-state index is 0.404. The number of nitrogens with one attached hydrogen (secondary N) is 1. The predicted octanol–water partition coefficient (Wildman–Crippen LogP) is 5.14. The van der Waals surface area contributed by atoms with E-state index in [-0.39, 0.29) is 0 Å². The lowest BCUT2D eigenvalue weighted by molar-refractivity contribution is 0.462. The number of hydrogen-bond acceptors (Lipinski definition) is 5. The topological polar surface area (TPSA) is 37.8 Å². The summed E-state index contributed by atoms with van der Waals surface area (Å²) < 4.78 is 1.05. The van der Waals surface area contributed by atoms with Gasteiger partial charge in [0.25, 0.3) is 0 Å². The summed E-state index contributed by atoms with van der Waals surface area (Å²) in [6, 6.07) is 11.2. The minimum atomic E-state index is 0.404. The smallest absolute Gasteiger partial charge is 0.206 e.